The summed E-state index contributed by atoms with van der Waals surface area (Å²) in [6.07, 6.45) is 0. The van der Waals surface area contributed by atoms with Crippen LogP contribution in [0.1, 0.15) is 11.5 Å². The van der Waals surface area contributed by atoms with E-state index in [1.807, 2.05) is 6.07 Å². The van der Waals surface area contributed by atoms with E-state index >= 15 is 0 Å². The molecule has 0 aliphatic rings. The second-order valence-electron chi connectivity index (χ2n) is 3.06. The van der Waals surface area contributed by atoms with E-state index in [0.717, 1.165) is 12.1 Å². The molecule has 0 spiro atoms. The molecule has 0 aliphatic heterocycles. The quantitative estimate of drug-likeness (QED) is 0.834. The predicted octanol–water partition coefficient (Wildman–Crippen LogP) is 1.32. The summed E-state index contributed by atoms with van der Waals surface area (Å²) in [5, 5.41) is 13.5. The SMILES string of the molecule is N#CC(CCl)c1ccc(S(N)(=O)=O)cc1F. The van der Waals surface area contributed by atoms with Crippen LogP contribution in [0.3, 0.4) is 0 Å². The molecule has 0 bridgehead atoms. The van der Waals surface area contributed by atoms with E-state index in [4.69, 9.17) is 22.0 Å². The van der Waals surface area contributed by atoms with Gasteiger partial charge in [-0.25, -0.2) is 17.9 Å². The van der Waals surface area contributed by atoms with Crippen LogP contribution in [0.2, 0.25) is 0 Å². The third-order valence-corrected chi connectivity index (χ3v) is 3.21. The molecule has 0 amide bonds. The van der Waals surface area contributed by atoms with Gasteiger partial charge < -0.3 is 0 Å². The first kappa shape index (κ1) is 12.9. The zero-order chi connectivity index (χ0) is 12.3. The smallest absolute Gasteiger partial charge is 0.225 e. The Kier molecular flexibility index (Phi) is 3.86. The summed E-state index contributed by atoms with van der Waals surface area (Å²) in [6.45, 7) is 0. The maximum Gasteiger partial charge on any atom is 0.238 e. The molecule has 1 aromatic carbocycles. The average molecular weight is 263 g/mol. The molecule has 0 aromatic heterocycles. The fourth-order valence-corrected chi connectivity index (χ4v) is 1.92. The van der Waals surface area contributed by atoms with Gasteiger partial charge in [-0.2, -0.15) is 5.26 Å². The minimum atomic E-state index is -3.94. The van der Waals surface area contributed by atoms with Crippen molar-refractivity contribution in [2.75, 3.05) is 5.88 Å². The van der Waals surface area contributed by atoms with Crippen molar-refractivity contribution in [2.24, 2.45) is 5.14 Å². The Morgan fingerprint density at radius 3 is 2.56 bits per heavy atom. The number of hydrogen-bond acceptors (Lipinski definition) is 3. The third-order valence-electron chi connectivity index (χ3n) is 1.99. The lowest BCUT2D eigenvalue weighted by molar-refractivity contribution is 0.586. The Labute approximate surface area is 97.5 Å². The molecule has 1 rings (SSSR count). The molecule has 4 nitrogen and oxygen atoms in total. The van der Waals surface area contributed by atoms with Crippen LogP contribution in [0.5, 0.6) is 0 Å². The van der Waals surface area contributed by atoms with Crippen LogP contribution >= 0.6 is 11.6 Å². The summed E-state index contributed by atoms with van der Waals surface area (Å²) in [6, 6.07) is 4.94. The van der Waals surface area contributed by atoms with E-state index < -0.39 is 21.8 Å². The number of benzene rings is 1. The van der Waals surface area contributed by atoms with Crippen molar-refractivity contribution in [2.45, 2.75) is 10.8 Å². The number of alkyl halides is 1. The van der Waals surface area contributed by atoms with E-state index in [-0.39, 0.29) is 16.3 Å². The van der Waals surface area contributed by atoms with Gasteiger partial charge in [0.15, 0.2) is 0 Å². The number of hydrogen-bond donors (Lipinski definition) is 1. The van der Waals surface area contributed by atoms with E-state index in [1.165, 1.54) is 6.07 Å². The molecule has 0 fully saturated rings. The Hall–Kier alpha value is -1.16. The highest BCUT2D eigenvalue weighted by Crippen LogP contribution is 2.22. The lowest BCUT2D eigenvalue weighted by Gasteiger charge is -2.07. The Morgan fingerprint density at radius 1 is 1.56 bits per heavy atom. The van der Waals surface area contributed by atoms with Crippen LogP contribution in [-0.4, -0.2) is 14.3 Å². The Bertz CT molecular complexity index is 539. The topological polar surface area (TPSA) is 83.9 Å². The second-order valence-corrected chi connectivity index (χ2v) is 4.93. The largest absolute Gasteiger partial charge is 0.238 e. The minimum absolute atomic E-state index is 0.0601. The van der Waals surface area contributed by atoms with Gasteiger partial charge in [0.25, 0.3) is 0 Å². The molecule has 1 atom stereocenters. The monoisotopic (exact) mass is 262 g/mol. The van der Waals surface area contributed by atoms with Crippen molar-refractivity contribution in [3.8, 4) is 6.07 Å². The molecule has 0 heterocycles. The number of sulfonamides is 1. The first-order chi connectivity index (χ1) is 7.40. The van der Waals surface area contributed by atoms with Crippen molar-refractivity contribution in [3.63, 3.8) is 0 Å². The van der Waals surface area contributed by atoms with Gasteiger partial charge >= 0.3 is 0 Å². The average Bonchev–Trinajstić information content (AvgIpc) is 2.20. The van der Waals surface area contributed by atoms with Crippen LogP contribution in [0.15, 0.2) is 23.1 Å². The zero-order valence-corrected chi connectivity index (χ0v) is 9.59. The second kappa shape index (κ2) is 4.78. The van der Waals surface area contributed by atoms with Crippen LogP contribution in [0, 0.1) is 17.1 Å². The van der Waals surface area contributed by atoms with Gasteiger partial charge in [0.05, 0.1) is 16.9 Å². The molecule has 16 heavy (non-hydrogen) atoms. The molecule has 0 saturated heterocycles. The highest BCUT2D eigenvalue weighted by molar-refractivity contribution is 7.89. The maximum atomic E-state index is 13.5. The predicted molar refractivity (Wildman–Crippen MR) is 56.8 cm³/mol. The highest BCUT2D eigenvalue weighted by Gasteiger charge is 2.17. The van der Waals surface area contributed by atoms with E-state index in [0.29, 0.717) is 0 Å². The first-order valence-corrected chi connectivity index (χ1v) is 6.26. The Balaban J connectivity index is 3.26. The van der Waals surface area contributed by atoms with Crippen molar-refractivity contribution in [3.05, 3.63) is 29.6 Å². The van der Waals surface area contributed by atoms with Gasteiger partial charge in [-0.3, -0.25) is 0 Å². The molecule has 86 valence electrons. The molecule has 0 saturated carbocycles. The summed E-state index contributed by atoms with van der Waals surface area (Å²) in [5.41, 5.74) is 0.0601. The lowest BCUT2D eigenvalue weighted by atomic mass is 10.0. The summed E-state index contributed by atoms with van der Waals surface area (Å²) in [7, 11) is -3.94. The van der Waals surface area contributed by atoms with Crippen molar-refractivity contribution in [1.82, 2.24) is 0 Å². The van der Waals surface area contributed by atoms with Gasteiger partial charge in [-0.1, -0.05) is 6.07 Å². The number of nitrogens with zero attached hydrogens (tertiary/aromatic N) is 1. The fourth-order valence-electron chi connectivity index (χ4n) is 1.15. The van der Waals surface area contributed by atoms with Gasteiger partial charge in [0.1, 0.15) is 5.82 Å². The summed E-state index contributed by atoms with van der Waals surface area (Å²) >= 11 is 5.47. The standard InChI is InChI=1S/C9H8ClFN2O2S/c10-4-6(5-12)8-2-1-7(3-9(8)11)16(13,14)15/h1-3,6H,4H2,(H2,13,14,15). The number of rotatable bonds is 3. The molecule has 1 unspecified atom stereocenters. The summed E-state index contributed by atoms with van der Waals surface area (Å²) in [4.78, 5) is -0.333. The number of primary sulfonamides is 1. The Morgan fingerprint density at radius 2 is 2.19 bits per heavy atom. The first-order valence-electron chi connectivity index (χ1n) is 4.18. The minimum Gasteiger partial charge on any atom is -0.225 e. The molecule has 2 N–H and O–H groups in total. The lowest BCUT2D eigenvalue weighted by Crippen LogP contribution is -2.13. The fraction of sp³-hybridized carbons (Fsp3) is 0.222. The van der Waals surface area contributed by atoms with E-state index in [9.17, 15) is 12.8 Å². The molecule has 7 heteroatoms. The summed E-state index contributed by atoms with van der Waals surface area (Å²) < 4.78 is 35.3. The van der Waals surface area contributed by atoms with Crippen molar-refractivity contribution >= 4 is 21.6 Å². The third kappa shape index (κ3) is 2.70. The molecular formula is C9H8ClFN2O2S. The molecule has 0 aliphatic carbocycles. The summed E-state index contributed by atoms with van der Waals surface area (Å²) in [5.74, 6) is -1.68. The van der Waals surface area contributed by atoms with Gasteiger partial charge in [-0.05, 0) is 12.1 Å². The number of halogens is 2. The van der Waals surface area contributed by atoms with Crippen LogP contribution in [-0.2, 0) is 10.0 Å². The van der Waals surface area contributed by atoms with Gasteiger partial charge in [0.2, 0.25) is 10.0 Å². The van der Waals surface area contributed by atoms with Gasteiger partial charge in [-0.15, -0.1) is 11.6 Å². The molecule has 0 radical (unpaired) electrons. The van der Waals surface area contributed by atoms with E-state index in [1.54, 1.807) is 0 Å². The highest BCUT2D eigenvalue weighted by atomic mass is 35.5. The maximum absolute atomic E-state index is 13.5. The van der Waals surface area contributed by atoms with E-state index in [2.05, 4.69) is 0 Å². The number of nitrogens with two attached hydrogens (primary N) is 1. The van der Waals surface area contributed by atoms with Crippen LogP contribution in [0.4, 0.5) is 4.39 Å². The van der Waals surface area contributed by atoms with Gasteiger partial charge in [0, 0.05) is 11.4 Å². The zero-order valence-electron chi connectivity index (χ0n) is 8.02. The molecular weight excluding hydrogens is 255 g/mol. The molecule has 1 aromatic rings. The normalized spacial score (nSPS) is 13.1. The van der Waals surface area contributed by atoms with Crippen LogP contribution < -0.4 is 5.14 Å². The number of nitriles is 1. The van der Waals surface area contributed by atoms with Crippen molar-refractivity contribution in [1.29, 1.82) is 5.26 Å². The van der Waals surface area contributed by atoms with Crippen molar-refractivity contribution < 1.29 is 12.8 Å². The van der Waals surface area contributed by atoms with Crippen LogP contribution in [0.25, 0.3) is 0 Å².